The molecule has 0 saturated heterocycles. The first-order valence-corrected chi connectivity index (χ1v) is 6.80. The van der Waals surface area contributed by atoms with Gasteiger partial charge in [0, 0.05) is 21.5 Å². The molecular weight excluding hydrogens is 280 g/mol. The normalized spacial score (nSPS) is 11.0. The summed E-state index contributed by atoms with van der Waals surface area (Å²) >= 11 is 0. The highest BCUT2D eigenvalue weighted by Gasteiger charge is 2.10. The quantitative estimate of drug-likeness (QED) is 0.589. The van der Waals surface area contributed by atoms with E-state index in [0.717, 1.165) is 0 Å². The van der Waals surface area contributed by atoms with Crippen LogP contribution in [0.5, 0.6) is 0 Å². The van der Waals surface area contributed by atoms with Gasteiger partial charge in [-0.15, -0.1) is 0 Å². The van der Waals surface area contributed by atoms with E-state index < -0.39 is 21.7 Å². The van der Waals surface area contributed by atoms with Crippen molar-refractivity contribution in [2.24, 2.45) is 0 Å². The molecule has 108 valence electrons. The summed E-state index contributed by atoms with van der Waals surface area (Å²) in [6.07, 6.45) is 0. The topological polar surface area (TPSA) is 68.3 Å². The summed E-state index contributed by atoms with van der Waals surface area (Å²) in [4.78, 5) is 49.8. The van der Waals surface area contributed by atoms with Crippen LogP contribution >= 0.6 is 0 Å². The molecule has 0 amide bonds. The molecule has 0 atom stereocenters. The molecule has 0 unspecified atom stereocenters. The van der Waals surface area contributed by atoms with Gasteiger partial charge in [0.05, 0.1) is 0 Å². The highest BCUT2D eigenvalue weighted by Crippen LogP contribution is 2.11. The number of fused-ring (bicyclic) bond motifs is 4. The third-order valence-corrected chi connectivity index (χ3v) is 4.06. The molecular formula is C18H12O4. The number of rotatable bonds is 0. The minimum atomic E-state index is -0.665. The molecule has 0 aliphatic heterocycles. The first kappa shape index (κ1) is 14.1. The number of hydrogen-bond donors (Lipinski definition) is 0. The van der Waals surface area contributed by atoms with E-state index in [1.165, 1.54) is 36.4 Å². The van der Waals surface area contributed by atoms with E-state index in [1.54, 1.807) is 13.8 Å². The summed E-state index contributed by atoms with van der Waals surface area (Å²) < 4.78 is 0. The van der Waals surface area contributed by atoms with Crippen LogP contribution < -0.4 is 21.7 Å². The lowest BCUT2D eigenvalue weighted by atomic mass is 10.0. The van der Waals surface area contributed by atoms with Crippen LogP contribution in [0.2, 0.25) is 0 Å². The molecule has 0 N–H and O–H groups in total. The molecule has 0 fully saturated rings. The van der Waals surface area contributed by atoms with Crippen LogP contribution in [0.3, 0.4) is 0 Å². The average Bonchev–Trinajstić information content (AvgIpc) is 2.52. The first-order chi connectivity index (χ1) is 10.4. The molecule has 4 nitrogen and oxygen atoms in total. The van der Waals surface area contributed by atoms with Gasteiger partial charge in [0.1, 0.15) is 0 Å². The maximum Gasteiger partial charge on any atom is 0.233 e. The van der Waals surface area contributed by atoms with Crippen LogP contribution in [0.25, 0.3) is 21.5 Å². The van der Waals surface area contributed by atoms with Crippen molar-refractivity contribution in [3.63, 3.8) is 0 Å². The van der Waals surface area contributed by atoms with Crippen molar-refractivity contribution < 1.29 is 0 Å². The predicted octanol–water partition coefficient (Wildman–Crippen LogP) is 1.49. The Labute approximate surface area is 124 Å². The third kappa shape index (κ3) is 1.84. The van der Waals surface area contributed by atoms with Gasteiger partial charge in [-0.05, 0) is 25.0 Å². The SMILES string of the molecule is Cc1c2cccc1c(=O)c(=O)c1cccc(c1C)c(=O)c2=O. The van der Waals surface area contributed by atoms with Gasteiger partial charge >= 0.3 is 0 Å². The van der Waals surface area contributed by atoms with Crippen molar-refractivity contribution >= 4 is 21.5 Å². The van der Waals surface area contributed by atoms with E-state index in [0.29, 0.717) is 11.1 Å². The first-order valence-electron chi connectivity index (χ1n) is 6.80. The van der Waals surface area contributed by atoms with E-state index in [9.17, 15) is 19.2 Å². The number of hydrogen-bond acceptors (Lipinski definition) is 4. The second-order valence-electron chi connectivity index (χ2n) is 5.27. The second-order valence-corrected chi connectivity index (χ2v) is 5.27. The Morgan fingerprint density at radius 1 is 0.500 bits per heavy atom. The van der Waals surface area contributed by atoms with E-state index in [-0.39, 0.29) is 21.5 Å². The Kier molecular flexibility index (Phi) is 3.10. The molecule has 0 heterocycles. The molecule has 4 heteroatoms. The van der Waals surface area contributed by atoms with Crippen LogP contribution in [-0.4, -0.2) is 0 Å². The van der Waals surface area contributed by atoms with Gasteiger partial charge in [0.25, 0.3) is 0 Å². The molecule has 3 aromatic carbocycles. The molecule has 3 rings (SSSR count). The van der Waals surface area contributed by atoms with Gasteiger partial charge in [-0.1, -0.05) is 36.4 Å². The Bertz CT molecular complexity index is 984. The van der Waals surface area contributed by atoms with Crippen LogP contribution in [0.15, 0.2) is 55.6 Å². The zero-order chi connectivity index (χ0) is 16.0. The van der Waals surface area contributed by atoms with Crippen molar-refractivity contribution in [2.45, 2.75) is 13.8 Å². The summed E-state index contributed by atoms with van der Waals surface area (Å²) in [6, 6.07) is 9.01. The molecule has 0 aromatic heterocycles. The van der Waals surface area contributed by atoms with Gasteiger partial charge in [-0.25, -0.2) is 0 Å². The Morgan fingerprint density at radius 3 is 0.955 bits per heavy atom. The van der Waals surface area contributed by atoms with Crippen molar-refractivity contribution in [3.05, 3.63) is 88.4 Å². The van der Waals surface area contributed by atoms with E-state index in [4.69, 9.17) is 0 Å². The van der Waals surface area contributed by atoms with Crippen molar-refractivity contribution in [1.82, 2.24) is 0 Å². The highest BCUT2D eigenvalue weighted by atomic mass is 16.2. The predicted molar refractivity (Wildman–Crippen MR) is 87.2 cm³/mol. The fourth-order valence-electron chi connectivity index (χ4n) is 2.74. The summed E-state index contributed by atoms with van der Waals surface area (Å²) in [7, 11) is 0. The second kappa shape index (κ2) is 4.84. The minimum Gasteiger partial charge on any atom is -0.285 e. The lowest BCUT2D eigenvalue weighted by molar-refractivity contribution is 1.44. The molecule has 0 aliphatic carbocycles. The van der Waals surface area contributed by atoms with Crippen LogP contribution in [0.4, 0.5) is 0 Å². The lowest BCUT2D eigenvalue weighted by Gasteiger charge is -2.00. The van der Waals surface area contributed by atoms with E-state index in [2.05, 4.69) is 0 Å². The van der Waals surface area contributed by atoms with Crippen LogP contribution in [0.1, 0.15) is 11.1 Å². The van der Waals surface area contributed by atoms with Gasteiger partial charge < -0.3 is 0 Å². The Balaban J connectivity index is 2.95. The summed E-state index contributed by atoms with van der Waals surface area (Å²) in [5, 5.41) is 0.649. The molecule has 22 heavy (non-hydrogen) atoms. The maximum atomic E-state index is 12.4. The summed E-state index contributed by atoms with van der Waals surface area (Å²) in [5.74, 6) is 0. The lowest BCUT2D eigenvalue weighted by Crippen LogP contribution is -2.27. The van der Waals surface area contributed by atoms with Gasteiger partial charge in [-0.3, -0.25) is 19.2 Å². The molecule has 3 aromatic rings. The molecule has 0 radical (unpaired) electrons. The standard InChI is InChI=1S/C18H12O4/c1-9-11-5-3-6-12(9)16(20)18(22)14-8-4-7-13(10(14)2)17(21)15(11)19/h3-8H,1-2H3. The Hall–Kier alpha value is -2.88. The highest BCUT2D eigenvalue weighted by molar-refractivity contribution is 5.80. The summed E-state index contributed by atoms with van der Waals surface area (Å²) in [5.41, 5.74) is -1.93. The smallest absolute Gasteiger partial charge is 0.233 e. The monoisotopic (exact) mass is 292 g/mol. The number of aryl methyl sites for hydroxylation is 2. The minimum absolute atomic E-state index is 0.162. The van der Waals surface area contributed by atoms with Crippen LogP contribution in [0, 0.1) is 13.8 Å². The number of benzene rings is 2. The fourth-order valence-corrected chi connectivity index (χ4v) is 2.74. The summed E-state index contributed by atoms with van der Waals surface area (Å²) in [6.45, 7) is 3.15. The van der Waals surface area contributed by atoms with Crippen molar-refractivity contribution in [3.8, 4) is 0 Å². The maximum absolute atomic E-state index is 12.4. The average molecular weight is 292 g/mol. The largest absolute Gasteiger partial charge is 0.285 e. The third-order valence-electron chi connectivity index (χ3n) is 4.06. The van der Waals surface area contributed by atoms with Gasteiger partial charge in [0.2, 0.25) is 21.7 Å². The fraction of sp³-hybridized carbons (Fsp3) is 0.111. The van der Waals surface area contributed by atoms with Crippen LogP contribution in [-0.2, 0) is 0 Å². The molecule has 0 spiro atoms. The zero-order valence-electron chi connectivity index (χ0n) is 12.1. The Morgan fingerprint density at radius 2 is 0.727 bits per heavy atom. The molecule has 0 aliphatic rings. The van der Waals surface area contributed by atoms with Gasteiger partial charge in [0.15, 0.2) is 0 Å². The van der Waals surface area contributed by atoms with Crippen molar-refractivity contribution in [1.29, 1.82) is 0 Å². The van der Waals surface area contributed by atoms with Crippen molar-refractivity contribution in [2.75, 3.05) is 0 Å². The van der Waals surface area contributed by atoms with Gasteiger partial charge in [-0.2, -0.15) is 0 Å². The van der Waals surface area contributed by atoms with E-state index in [1.807, 2.05) is 0 Å². The van der Waals surface area contributed by atoms with E-state index >= 15 is 0 Å². The molecule has 4 bridgehead atoms. The molecule has 0 saturated carbocycles. The zero-order valence-corrected chi connectivity index (χ0v) is 12.1.